The van der Waals surface area contributed by atoms with Crippen molar-refractivity contribution in [3.63, 3.8) is 0 Å². The fourth-order valence-corrected chi connectivity index (χ4v) is 2.41. The van der Waals surface area contributed by atoms with Crippen LogP contribution in [0.1, 0.15) is 25.8 Å². The average Bonchev–Trinajstić information content (AvgIpc) is 2.16. The fourth-order valence-electron chi connectivity index (χ4n) is 1.62. The van der Waals surface area contributed by atoms with Gasteiger partial charge in [0.1, 0.15) is 5.75 Å². The second-order valence-electron chi connectivity index (χ2n) is 4.30. The normalized spacial score (nSPS) is 11.2. The lowest BCUT2D eigenvalue weighted by atomic mass is 9.81. The number of carboxylic acid groups (broad SMARTS) is 1. The van der Waals surface area contributed by atoms with E-state index < -0.39 is 11.4 Å². The molecule has 0 unspecified atom stereocenters. The monoisotopic (exact) mass is 286 g/mol. The Kier molecular flexibility index (Phi) is 3.97. The van der Waals surface area contributed by atoms with Gasteiger partial charge in [-0.1, -0.05) is 29.8 Å². The highest BCUT2D eigenvalue weighted by atomic mass is 79.9. The summed E-state index contributed by atoms with van der Waals surface area (Å²) >= 11 is 3.44. The third-order valence-electron chi connectivity index (χ3n) is 2.50. The SMILES string of the molecule is COc1ccc(Br)c(C(C)(C)CC(=O)O)c1. The fraction of sp³-hybridized carbons (Fsp3) is 0.417. The molecule has 1 N–H and O–H groups in total. The Morgan fingerprint density at radius 2 is 2.12 bits per heavy atom. The standard InChI is InChI=1S/C12H15BrO3/c1-12(2,7-11(14)15)9-6-8(16-3)4-5-10(9)13/h4-6H,7H2,1-3H3,(H,14,15). The third-order valence-corrected chi connectivity index (χ3v) is 3.19. The first-order valence-electron chi connectivity index (χ1n) is 4.92. The van der Waals surface area contributed by atoms with Gasteiger partial charge in [-0.05, 0) is 23.8 Å². The van der Waals surface area contributed by atoms with Gasteiger partial charge in [-0.3, -0.25) is 4.79 Å². The number of carboxylic acids is 1. The van der Waals surface area contributed by atoms with E-state index in [0.29, 0.717) is 0 Å². The van der Waals surface area contributed by atoms with Gasteiger partial charge in [0, 0.05) is 9.89 Å². The molecular formula is C12H15BrO3. The van der Waals surface area contributed by atoms with Crippen LogP contribution in [0.5, 0.6) is 5.75 Å². The lowest BCUT2D eigenvalue weighted by Crippen LogP contribution is -2.22. The second-order valence-corrected chi connectivity index (χ2v) is 5.15. The molecule has 4 heteroatoms. The van der Waals surface area contributed by atoms with Crippen LogP contribution >= 0.6 is 15.9 Å². The molecule has 0 heterocycles. The molecule has 0 fully saturated rings. The van der Waals surface area contributed by atoms with Gasteiger partial charge in [-0.2, -0.15) is 0 Å². The molecule has 3 nitrogen and oxygen atoms in total. The molecule has 0 aromatic heterocycles. The lowest BCUT2D eigenvalue weighted by molar-refractivity contribution is -0.138. The van der Waals surface area contributed by atoms with Crippen LogP contribution in [0.25, 0.3) is 0 Å². The van der Waals surface area contributed by atoms with Gasteiger partial charge in [-0.15, -0.1) is 0 Å². The van der Waals surface area contributed by atoms with E-state index in [1.54, 1.807) is 7.11 Å². The largest absolute Gasteiger partial charge is 0.497 e. The Bertz CT molecular complexity index is 399. The Balaban J connectivity index is 3.14. The van der Waals surface area contributed by atoms with Crippen molar-refractivity contribution in [1.29, 1.82) is 0 Å². The molecule has 0 aliphatic rings. The molecular weight excluding hydrogens is 272 g/mol. The van der Waals surface area contributed by atoms with Crippen LogP contribution in [0.3, 0.4) is 0 Å². The summed E-state index contributed by atoms with van der Waals surface area (Å²) in [6.45, 7) is 3.81. The molecule has 0 aliphatic carbocycles. The molecule has 1 aromatic rings. The van der Waals surface area contributed by atoms with Gasteiger partial charge in [0.2, 0.25) is 0 Å². The van der Waals surface area contributed by atoms with Crippen LogP contribution in [0.4, 0.5) is 0 Å². The zero-order chi connectivity index (χ0) is 12.3. The molecule has 88 valence electrons. The Hall–Kier alpha value is -1.03. The zero-order valence-electron chi connectivity index (χ0n) is 9.58. The van der Waals surface area contributed by atoms with Crippen molar-refractivity contribution >= 4 is 21.9 Å². The van der Waals surface area contributed by atoms with Crippen LogP contribution < -0.4 is 4.74 Å². The number of carbonyl (C=O) groups is 1. The maximum Gasteiger partial charge on any atom is 0.304 e. The minimum Gasteiger partial charge on any atom is -0.497 e. The molecule has 1 aromatic carbocycles. The topological polar surface area (TPSA) is 46.5 Å². The summed E-state index contributed by atoms with van der Waals surface area (Å²) in [6, 6.07) is 5.58. The predicted octanol–water partition coefficient (Wildman–Crippen LogP) is 3.21. The van der Waals surface area contributed by atoms with Crippen LogP contribution in [0, 0.1) is 0 Å². The van der Waals surface area contributed by atoms with Crippen molar-refractivity contribution in [3.05, 3.63) is 28.2 Å². The summed E-state index contributed by atoms with van der Waals surface area (Å²) in [5.41, 5.74) is 0.508. The highest BCUT2D eigenvalue weighted by Crippen LogP contribution is 2.35. The second kappa shape index (κ2) is 4.87. The number of hydrogen-bond acceptors (Lipinski definition) is 2. The molecule has 0 aliphatic heterocycles. The molecule has 0 radical (unpaired) electrons. The molecule has 0 atom stereocenters. The van der Waals surface area contributed by atoms with E-state index in [0.717, 1.165) is 15.8 Å². The first kappa shape index (κ1) is 13.0. The Labute approximate surface area is 104 Å². The third kappa shape index (κ3) is 2.98. The van der Waals surface area contributed by atoms with E-state index in [2.05, 4.69) is 15.9 Å². The van der Waals surface area contributed by atoms with Crippen molar-refractivity contribution in [2.75, 3.05) is 7.11 Å². The summed E-state index contributed by atoms with van der Waals surface area (Å²) < 4.78 is 6.04. The first-order valence-corrected chi connectivity index (χ1v) is 5.72. The van der Waals surface area contributed by atoms with Gasteiger partial charge in [-0.25, -0.2) is 0 Å². The van der Waals surface area contributed by atoms with Crippen LogP contribution in [0.15, 0.2) is 22.7 Å². The highest BCUT2D eigenvalue weighted by Gasteiger charge is 2.26. The van der Waals surface area contributed by atoms with Crippen LogP contribution in [-0.2, 0) is 10.2 Å². The number of aliphatic carboxylic acids is 1. The van der Waals surface area contributed by atoms with Crippen LogP contribution in [0.2, 0.25) is 0 Å². The number of hydrogen-bond donors (Lipinski definition) is 1. The van der Waals surface area contributed by atoms with E-state index in [1.165, 1.54) is 0 Å². The van der Waals surface area contributed by atoms with Crippen LogP contribution in [-0.4, -0.2) is 18.2 Å². The number of ether oxygens (including phenoxy) is 1. The summed E-state index contributed by atoms with van der Waals surface area (Å²) in [4.78, 5) is 10.8. The Morgan fingerprint density at radius 3 is 2.62 bits per heavy atom. The summed E-state index contributed by atoms with van der Waals surface area (Å²) in [5.74, 6) is -0.0728. The molecule has 0 saturated carbocycles. The van der Waals surface area contributed by atoms with E-state index in [-0.39, 0.29) is 6.42 Å². The number of benzene rings is 1. The molecule has 1 rings (SSSR count). The minimum atomic E-state index is -0.806. The molecule has 0 amide bonds. The minimum absolute atomic E-state index is 0.0821. The van der Waals surface area contributed by atoms with Crippen molar-refractivity contribution in [2.24, 2.45) is 0 Å². The summed E-state index contributed by atoms with van der Waals surface area (Å²) in [7, 11) is 1.59. The molecule has 0 spiro atoms. The van der Waals surface area contributed by atoms with Crippen molar-refractivity contribution < 1.29 is 14.6 Å². The number of halogens is 1. The molecule has 0 saturated heterocycles. The predicted molar refractivity (Wildman–Crippen MR) is 66.0 cm³/mol. The number of methoxy groups -OCH3 is 1. The molecule has 0 bridgehead atoms. The quantitative estimate of drug-likeness (QED) is 0.925. The van der Waals surface area contributed by atoms with Gasteiger partial charge in [0.25, 0.3) is 0 Å². The van der Waals surface area contributed by atoms with E-state index in [9.17, 15) is 4.79 Å². The van der Waals surface area contributed by atoms with E-state index in [1.807, 2.05) is 32.0 Å². The van der Waals surface area contributed by atoms with Gasteiger partial charge < -0.3 is 9.84 Å². The molecule has 16 heavy (non-hydrogen) atoms. The smallest absolute Gasteiger partial charge is 0.304 e. The van der Waals surface area contributed by atoms with Crippen molar-refractivity contribution in [1.82, 2.24) is 0 Å². The maximum atomic E-state index is 10.8. The number of rotatable bonds is 4. The first-order chi connectivity index (χ1) is 7.36. The Morgan fingerprint density at radius 1 is 1.50 bits per heavy atom. The zero-order valence-corrected chi connectivity index (χ0v) is 11.2. The summed E-state index contributed by atoms with van der Waals surface area (Å²) in [6.07, 6.45) is 0.0821. The average molecular weight is 287 g/mol. The van der Waals surface area contributed by atoms with E-state index >= 15 is 0 Å². The summed E-state index contributed by atoms with van der Waals surface area (Å²) in [5, 5.41) is 8.88. The van der Waals surface area contributed by atoms with Crippen molar-refractivity contribution in [3.8, 4) is 5.75 Å². The highest BCUT2D eigenvalue weighted by molar-refractivity contribution is 9.10. The lowest BCUT2D eigenvalue weighted by Gasteiger charge is -2.25. The van der Waals surface area contributed by atoms with Gasteiger partial charge in [0.05, 0.1) is 13.5 Å². The van der Waals surface area contributed by atoms with Gasteiger partial charge in [0.15, 0.2) is 0 Å². The maximum absolute atomic E-state index is 10.8. The van der Waals surface area contributed by atoms with Gasteiger partial charge >= 0.3 is 5.97 Å². The van der Waals surface area contributed by atoms with Crippen molar-refractivity contribution in [2.45, 2.75) is 25.7 Å². The van der Waals surface area contributed by atoms with E-state index in [4.69, 9.17) is 9.84 Å².